The lowest BCUT2D eigenvalue weighted by atomic mass is 9.84. The summed E-state index contributed by atoms with van der Waals surface area (Å²) in [5.41, 5.74) is 2.07. The molecule has 1 saturated carbocycles. The molecule has 0 atom stereocenters. The van der Waals surface area contributed by atoms with Crippen LogP contribution in [-0.4, -0.2) is 10.9 Å². The molecule has 0 aliphatic heterocycles. The van der Waals surface area contributed by atoms with Crippen molar-refractivity contribution in [1.82, 2.24) is 4.98 Å². The predicted octanol–water partition coefficient (Wildman–Crippen LogP) is 4.44. The zero-order chi connectivity index (χ0) is 13.8. The van der Waals surface area contributed by atoms with Gasteiger partial charge in [0, 0.05) is 17.1 Å². The quantitative estimate of drug-likeness (QED) is 0.906. The Morgan fingerprint density at radius 2 is 1.90 bits per heavy atom. The third-order valence-electron chi connectivity index (χ3n) is 3.90. The molecule has 0 spiro atoms. The van der Waals surface area contributed by atoms with E-state index in [1.807, 2.05) is 17.5 Å². The van der Waals surface area contributed by atoms with Gasteiger partial charge in [-0.15, -0.1) is 11.3 Å². The largest absolute Gasteiger partial charge is 0.298 e. The highest BCUT2D eigenvalue weighted by Crippen LogP contribution is 2.32. The van der Waals surface area contributed by atoms with Gasteiger partial charge < -0.3 is 0 Å². The van der Waals surface area contributed by atoms with Gasteiger partial charge in [0.25, 0.3) is 5.91 Å². The number of hydrogen-bond donors (Lipinski definition) is 1. The van der Waals surface area contributed by atoms with Gasteiger partial charge in [0.1, 0.15) is 0 Å². The summed E-state index contributed by atoms with van der Waals surface area (Å²) in [4.78, 5) is 16.1. The Kier molecular flexibility index (Phi) is 4.11. The highest BCUT2D eigenvalue weighted by atomic mass is 32.1. The van der Waals surface area contributed by atoms with Gasteiger partial charge in [0.15, 0.2) is 5.13 Å². The number of nitrogens with one attached hydrogen (secondary N) is 1. The van der Waals surface area contributed by atoms with Crippen LogP contribution in [0.15, 0.2) is 35.8 Å². The summed E-state index contributed by atoms with van der Waals surface area (Å²) in [6.45, 7) is 0. The van der Waals surface area contributed by atoms with E-state index in [1.165, 1.54) is 49.0 Å². The van der Waals surface area contributed by atoms with Crippen LogP contribution in [0.2, 0.25) is 0 Å². The van der Waals surface area contributed by atoms with E-state index in [-0.39, 0.29) is 5.91 Å². The first-order valence-corrected chi connectivity index (χ1v) is 8.02. The third-order valence-corrected chi connectivity index (χ3v) is 4.59. The molecule has 0 saturated heterocycles. The molecule has 1 fully saturated rings. The minimum absolute atomic E-state index is 0.0878. The number of benzene rings is 1. The van der Waals surface area contributed by atoms with Crippen LogP contribution >= 0.6 is 11.3 Å². The molecule has 1 aromatic heterocycles. The average Bonchev–Trinajstić information content (AvgIpc) is 3.01. The first kappa shape index (κ1) is 13.3. The fourth-order valence-electron chi connectivity index (χ4n) is 2.80. The van der Waals surface area contributed by atoms with Crippen molar-refractivity contribution in [2.45, 2.75) is 38.0 Å². The van der Waals surface area contributed by atoms with Crippen molar-refractivity contribution in [3.05, 3.63) is 47.0 Å². The van der Waals surface area contributed by atoms with Crippen LogP contribution in [-0.2, 0) is 0 Å². The van der Waals surface area contributed by atoms with Gasteiger partial charge >= 0.3 is 0 Å². The van der Waals surface area contributed by atoms with Crippen LogP contribution in [0.3, 0.4) is 0 Å². The van der Waals surface area contributed by atoms with Gasteiger partial charge in [0.05, 0.1) is 0 Å². The van der Waals surface area contributed by atoms with Gasteiger partial charge in [-0.25, -0.2) is 4.98 Å². The van der Waals surface area contributed by atoms with Crippen LogP contribution in [0.1, 0.15) is 53.9 Å². The van der Waals surface area contributed by atoms with E-state index in [4.69, 9.17) is 0 Å². The number of hydrogen-bond acceptors (Lipinski definition) is 3. The summed E-state index contributed by atoms with van der Waals surface area (Å²) in [6.07, 6.45) is 8.28. The first-order valence-electron chi connectivity index (χ1n) is 7.14. The van der Waals surface area contributed by atoms with Crippen molar-refractivity contribution < 1.29 is 4.79 Å². The minimum Gasteiger partial charge on any atom is -0.298 e. The highest BCUT2D eigenvalue weighted by Gasteiger charge is 2.16. The molecule has 0 radical (unpaired) electrons. The van der Waals surface area contributed by atoms with Gasteiger partial charge in [-0.2, -0.15) is 0 Å². The number of rotatable bonds is 3. The molecule has 1 heterocycles. The number of amides is 1. The van der Waals surface area contributed by atoms with Crippen molar-refractivity contribution in [3.8, 4) is 0 Å². The summed E-state index contributed by atoms with van der Waals surface area (Å²) in [6, 6.07) is 8.05. The van der Waals surface area contributed by atoms with E-state index >= 15 is 0 Å². The first-order chi connectivity index (χ1) is 9.83. The van der Waals surface area contributed by atoms with Gasteiger partial charge in [0.2, 0.25) is 0 Å². The Hall–Kier alpha value is -1.68. The molecular formula is C16H18N2OS. The van der Waals surface area contributed by atoms with Crippen molar-refractivity contribution in [1.29, 1.82) is 0 Å². The second-order valence-corrected chi connectivity index (χ2v) is 6.14. The van der Waals surface area contributed by atoms with Crippen LogP contribution < -0.4 is 5.32 Å². The highest BCUT2D eigenvalue weighted by molar-refractivity contribution is 7.13. The Labute approximate surface area is 123 Å². The summed E-state index contributed by atoms with van der Waals surface area (Å²) >= 11 is 1.43. The second kappa shape index (κ2) is 6.18. The van der Waals surface area contributed by atoms with Crippen molar-refractivity contribution in [2.75, 3.05) is 5.32 Å². The van der Waals surface area contributed by atoms with E-state index in [1.54, 1.807) is 6.20 Å². The van der Waals surface area contributed by atoms with Crippen LogP contribution in [0.4, 0.5) is 5.13 Å². The zero-order valence-electron chi connectivity index (χ0n) is 11.3. The Balaban J connectivity index is 1.67. The Bertz CT molecular complexity index is 557. The summed E-state index contributed by atoms with van der Waals surface area (Å²) < 4.78 is 0. The number of nitrogens with zero attached hydrogens (tertiary/aromatic N) is 1. The molecule has 1 N–H and O–H groups in total. The average molecular weight is 286 g/mol. The Morgan fingerprint density at radius 1 is 1.15 bits per heavy atom. The van der Waals surface area contributed by atoms with Crippen LogP contribution in [0.25, 0.3) is 0 Å². The molecule has 1 aliphatic carbocycles. The lowest BCUT2D eigenvalue weighted by molar-refractivity contribution is 0.102. The molecule has 0 unspecified atom stereocenters. The monoisotopic (exact) mass is 286 g/mol. The normalized spacial score (nSPS) is 16.0. The molecule has 20 heavy (non-hydrogen) atoms. The molecular weight excluding hydrogens is 268 g/mol. The smallest absolute Gasteiger partial charge is 0.257 e. The van der Waals surface area contributed by atoms with Gasteiger partial charge in [-0.05, 0) is 36.5 Å². The molecule has 4 heteroatoms. The molecule has 1 aliphatic rings. The molecule has 3 rings (SSSR count). The summed E-state index contributed by atoms with van der Waals surface area (Å²) in [5.74, 6) is 0.593. The van der Waals surface area contributed by atoms with Crippen molar-refractivity contribution in [2.24, 2.45) is 0 Å². The van der Waals surface area contributed by atoms with E-state index in [0.717, 1.165) is 0 Å². The van der Waals surface area contributed by atoms with Crippen molar-refractivity contribution >= 4 is 22.4 Å². The number of carbonyl (C=O) groups excluding carboxylic acids is 1. The lowest BCUT2D eigenvalue weighted by Crippen LogP contribution is -2.12. The fourth-order valence-corrected chi connectivity index (χ4v) is 3.32. The van der Waals surface area contributed by atoms with E-state index in [0.29, 0.717) is 16.6 Å². The second-order valence-electron chi connectivity index (χ2n) is 5.25. The molecule has 104 valence electrons. The molecule has 3 nitrogen and oxygen atoms in total. The predicted molar refractivity (Wildman–Crippen MR) is 82.3 cm³/mol. The maximum atomic E-state index is 12.1. The maximum absolute atomic E-state index is 12.1. The number of aromatic nitrogens is 1. The van der Waals surface area contributed by atoms with E-state index in [9.17, 15) is 4.79 Å². The number of carbonyl (C=O) groups is 1. The minimum atomic E-state index is -0.0878. The Morgan fingerprint density at radius 3 is 2.55 bits per heavy atom. The standard InChI is InChI=1S/C16H18N2OS/c19-15(18-16-17-10-11-20-16)14-8-6-13(7-9-14)12-4-2-1-3-5-12/h6-12H,1-5H2,(H,17,18,19). The lowest BCUT2D eigenvalue weighted by Gasteiger charge is -2.22. The van der Waals surface area contributed by atoms with E-state index in [2.05, 4.69) is 22.4 Å². The topological polar surface area (TPSA) is 42.0 Å². The SMILES string of the molecule is O=C(Nc1nccs1)c1ccc(C2CCCCC2)cc1. The zero-order valence-corrected chi connectivity index (χ0v) is 12.2. The van der Waals surface area contributed by atoms with E-state index < -0.39 is 0 Å². The number of thiazole rings is 1. The number of anilines is 1. The molecule has 1 aromatic carbocycles. The molecule has 0 bridgehead atoms. The van der Waals surface area contributed by atoms with Crippen LogP contribution in [0, 0.1) is 0 Å². The summed E-state index contributed by atoms with van der Waals surface area (Å²) in [5, 5.41) is 5.30. The fraction of sp³-hybridized carbons (Fsp3) is 0.375. The summed E-state index contributed by atoms with van der Waals surface area (Å²) in [7, 11) is 0. The van der Waals surface area contributed by atoms with Gasteiger partial charge in [-0.1, -0.05) is 31.4 Å². The van der Waals surface area contributed by atoms with Crippen LogP contribution in [0.5, 0.6) is 0 Å². The van der Waals surface area contributed by atoms with Gasteiger partial charge in [-0.3, -0.25) is 10.1 Å². The molecule has 2 aromatic rings. The maximum Gasteiger partial charge on any atom is 0.257 e. The van der Waals surface area contributed by atoms with Crippen molar-refractivity contribution in [3.63, 3.8) is 0 Å². The third kappa shape index (κ3) is 3.07. The molecule has 1 amide bonds.